The Morgan fingerprint density at radius 2 is 1.63 bits per heavy atom. The lowest BCUT2D eigenvalue weighted by molar-refractivity contribution is 0.510. The fourth-order valence-electron chi connectivity index (χ4n) is 2.32. The monoisotopic (exact) mass is 399 g/mol. The number of fused-ring (bicyclic) bond motifs is 1. The zero-order valence-corrected chi connectivity index (χ0v) is 15.3. The van der Waals surface area contributed by atoms with E-state index in [9.17, 15) is 8.78 Å². The highest BCUT2D eigenvalue weighted by Gasteiger charge is 2.14. The third-order valence-electron chi connectivity index (χ3n) is 3.54. The molecule has 5 nitrogen and oxygen atoms in total. The highest BCUT2D eigenvalue weighted by atomic mass is 32.2. The summed E-state index contributed by atoms with van der Waals surface area (Å²) >= 11 is 2.43. The van der Waals surface area contributed by atoms with Crippen LogP contribution in [0.3, 0.4) is 0 Å². The van der Waals surface area contributed by atoms with E-state index < -0.39 is 11.6 Å². The van der Waals surface area contributed by atoms with Gasteiger partial charge in [0, 0.05) is 12.1 Å². The van der Waals surface area contributed by atoms with E-state index in [1.807, 2.05) is 36.4 Å². The van der Waals surface area contributed by atoms with Gasteiger partial charge in [0.05, 0.1) is 16.7 Å². The zero-order chi connectivity index (χ0) is 18.8. The minimum absolute atomic E-state index is 0.255. The summed E-state index contributed by atoms with van der Waals surface area (Å²) in [6.07, 6.45) is 3.64. The summed E-state index contributed by atoms with van der Waals surface area (Å²) in [5.74, 6) is -1.94. The van der Waals surface area contributed by atoms with Crippen LogP contribution in [0.4, 0.5) is 13.9 Å². The lowest BCUT2D eigenvalue weighted by Gasteiger charge is -2.06. The molecule has 0 saturated carbocycles. The van der Waals surface area contributed by atoms with Crippen molar-refractivity contribution in [2.75, 3.05) is 5.73 Å². The summed E-state index contributed by atoms with van der Waals surface area (Å²) in [6.45, 7) is 0. The van der Waals surface area contributed by atoms with Gasteiger partial charge < -0.3 is 5.73 Å². The molecule has 0 aliphatic heterocycles. The first kappa shape index (κ1) is 17.5. The standard InChI is InChI=1S/C18H11F2N5S2/c19-11-8-14-15(9-12(11)20)23-16(26-18-25-24-17(21)27-18)13(22-14)7-6-10-4-2-1-3-5-10/h1-9H,(H2,21,24). The molecular formula is C18H11F2N5S2. The minimum atomic E-state index is -0.972. The van der Waals surface area contributed by atoms with Gasteiger partial charge >= 0.3 is 0 Å². The van der Waals surface area contributed by atoms with Crippen molar-refractivity contribution in [1.82, 2.24) is 20.2 Å². The van der Waals surface area contributed by atoms with Crippen LogP contribution in [0.1, 0.15) is 11.3 Å². The van der Waals surface area contributed by atoms with Crippen molar-refractivity contribution in [3.05, 3.63) is 65.4 Å². The Labute approximate surface area is 161 Å². The van der Waals surface area contributed by atoms with Crippen LogP contribution in [0, 0.1) is 11.6 Å². The molecule has 0 unspecified atom stereocenters. The molecule has 0 aliphatic carbocycles. The average molecular weight is 399 g/mol. The topological polar surface area (TPSA) is 77.6 Å². The Bertz CT molecular complexity index is 1150. The van der Waals surface area contributed by atoms with Gasteiger partial charge in [-0.25, -0.2) is 18.7 Å². The van der Waals surface area contributed by atoms with Crippen molar-refractivity contribution in [3.8, 4) is 0 Å². The summed E-state index contributed by atoms with van der Waals surface area (Å²) in [4.78, 5) is 8.88. The molecule has 27 heavy (non-hydrogen) atoms. The van der Waals surface area contributed by atoms with Crippen LogP contribution >= 0.6 is 23.1 Å². The van der Waals surface area contributed by atoms with Crippen molar-refractivity contribution in [2.45, 2.75) is 9.37 Å². The molecule has 2 N–H and O–H groups in total. The Morgan fingerprint density at radius 3 is 2.30 bits per heavy atom. The molecule has 0 fully saturated rings. The summed E-state index contributed by atoms with van der Waals surface area (Å²) in [6, 6.07) is 11.7. The minimum Gasteiger partial charge on any atom is -0.374 e. The molecule has 2 heterocycles. The van der Waals surface area contributed by atoms with E-state index in [0.717, 1.165) is 17.7 Å². The van der Waals surface area contributed by atoms with Crippen molar-refractivity contribution < 1.29 is 8.78 Å². The Morgan fingerprint density at radius 1 is 0.926 bits per heavy atom. The number of anilines is 1. The predicted octanol–water partition coefficient (Wildman–Crippen LogP) is 4.66. The molecule has 4 rings (SSSR count). The summed E-state index contributed by atoms with van der Waals surface area (Å²) < 4.78 is 27.7. The van der Waals surface area contributed by atoms with Gasteiger partial charge in [-0.2, -0.15) is 0 Å². The first-order valence-corrected chi connectivity index (χ1v) is 9.38. The van der Waals surface area contributed by atoms with E-state index in [4.69, 9.17) is 5.73 Å². The Hall–Kier alpha value is -2.91. The first-order valence-electron chi connectivity index (χ1n) is 7.75. The van der Waals surface area contributed by atoms with Gasteiger partial charge in [0.1, 0.15) is 5.03 Å². The second-order valence-corrected chi connectivity index (χ2v) is 7.67. The quantitative estimate of drug-likeness (QED) is 0.538. The van der Waals surface area contributed by atoms with E-state index >= 15 is 0 Å². The van der Waals surface area contributed by atoms with Crippen molar-refractivity contribution in [2.24, 2.45) is 0 Å². The van der Waals surface area contributed by atoms with E-state index in [1.54, 1.807) is 6.08 Å². The zero-order valence-electron chi connectivity index (χ0n) is 13.6. The van der Waals surface area contributed by atoms with E-state index in [0.29, 0.717) is 20.2 Å². The number of nitrogens with two attached hydrogens (primary N) is 1. The first-order chi connectivity index (χ1) is 13.1. The van der Waals surface area contributed by atoms with Crippen LogP contribution in [0.2, 0.25) is 0 Å². The molecule has 0 bridgehead atoms. The molecule has 0 atom stereocenters. The summed E-state index contributed by atoms with van der Waals surface area (Å²) in [5, 5.41) is 8.57. The normalized spacial score (nSPS) is 11.5. The highest BCUT2D eigenvalue weighted by molar-refractivity contribution is 8.01. The Kier molecular flexibility index (Phi) is 4.78. The van der Waals surface area contributed by atoms with Crippen molar-refractivity contribution in [3.63, 3.8) is 0 Å². The van der Waals surface area contributed by atoms with E-state index in [-0.39, 0.29) is 11.0 Å². The van der Waals surface area contributed by atoms with E-state index in [1.165, 1.54) is 23.1 Å². The Balaban J connectivity index is 1.81. The second kappa shape index (κ2) is 7.37. The maximum Gasteiger partial charge on any atom is 0.203 e. The molecule has 134 valence electrons. The van der Waals surface area contributed by atoms with Crippen LogP contribution in [-0.2, 0) is 0 Å². The van der Waals surface area contributed by atoms with Crippen LogP contribution in [0.5, 0.6) is 0 Å². The number of hydrogen-bond donors (Lipinski definition) is 1. The van der Waals surface area contributed by atoms with Crippen LogP contribution < -0.4 is 5.73 Å². The third-order valence-corrected chi connectivity index (χ3v) is 5.34. The lowest BCUT2D eigenvalue weighted by atomic mass is 10.2. The second-order valence-electron chi connectivity index (χ2n) is 5.42. The van der Waals surface area contributed by atoms with E-state index in [2.05, 4.69) is 20.2 Å². The van der Waals surface area contributed by atoms with Gasteiger partial charge in [0.2, 0.25) is 5.13 Å². The maximum absolute atomic E-state index is 13.6. The molecule has 0 aliphatic rings. The molecule has 0 saturated heterocycles. The van der Waals surface area contributed by atoms with Gasteiger partial charge in [-0.15, -0.1) is 10.2 Å². The highest BCUT2D eigenvalue weighted by Crippen LogP contribution is 2.33. The SMILES string of the molecule is Nc1nnc(Sc2nc3cc(F)c(F)cc3nc2C=Cc2ccccc2)s1. The van der Waals surface area contributed by atoms with Gasteiger partial charge in [-0.3, -0.25) is 0 Å². The summed E-state index contributed by atoms with van der Waals surface area (Å²) in [5.41, 5.74) is 7.63. The van der Waals surface area contributed by atoms with Crippen molar-refractivity contribution >= 4 is 51.4 Å². The summed E-state index contributed by atoms with van der Waals surface area (Å²) in [7, 11) is 0. The van der Waals surface area contributed by atoms with Crippen molar-refractivity contribution in [1.29, 1.82) is 0 Å². The fourth-order valence-corrected chi connectivity index (χ4v) is 3.93. The number of benzene rings is 2. The average Bonchev–Trinajstić information content (AvgIpc) is 3.07. The number of nitrogens with zero attached hydrogens (tertiary/aromatic N) is 4. The molecule has 4 aromatic rings. The van der Waals surface area contributed by atoms with Gasteiger partial charge in [-0.05, 0) is 23.4 Å². The van der Waals surface area contributed by atoms with Crippen LogP contribution in [0.15, 0.2) is 51.8 Å². The van der Waals surface area contributed by atoms with Gasteiger partial charge in [0.25, 0.3) is 0 Å². The molecule has 0 radical (unpaired) electrons. The van der Waals surface area contributed by atoms with Crippen LogP contribution in [0.25, 0.3) is 23.2 Å². The van der Waals surface area contributed by atoms with Crippen LogP contribution in [-0.4, -0.2) is 20.2 Å². The number of nitrogen functional groups attached to an aromatic ring is 1. The smallest absolute Gasteiger partial charge is 0.203 e. The number of aromatic nitrogens is 4. The van der Waals surface area contributed by atoms with Gasteiger partial charge in [-0.1, -0.05) is 47.7 Å². The molecule has 0 amide bonds. The maximum atomic E-state index is 13.6. The molecule has 9 heteroatoms. The number of rotatable bonds is 4. The molecular weight excluding hydrogens is 388 g/mol. The molecule has 2 aromatic carbocycles. The third kappa shape index (κ3) is 3.93. The largest absolute Gasteiger partial charge is 0.374 e. The molecule has 0 spiro atoms. The number of hydrogen-bond acceptors (Lipinski definition) is 7. The fraction of sp³-hybridized carbons (Fsp3) is 0. The van der Waals surface area contributed by atoms with Gasteiger partial charge in [0.15, 0.2) is 16.0 Å². The number of halogens is 2. The lowest BCUT2D eigenvalue weighted by Crippen LogP contribution is -1.95. The molecule has 2 aromatic heterocycles. The predicted molar refractivity (Wildman–Crippen MR) is 103 cm³/mol.